The Morgan fingerprint density at radius 1 is 1.25 bits per heavy atom. The van der Waals surface area contributed by atoms with Crippen LogP contribution in [0.15, 0.2) is 17.0 Å². The third-order valence-electron chi connectivity index (χ3n) is 2.41. The number of hydrogen-bond acceptors (Lipinski definition) is 6. The fourth-order valence-corrected chi connectivity index (χ4v) is 2.36. The molecule has 0 saturated heterocycles. The Labute approximate surface area is 116 Å². The lowest BCUT2D eigenvalue weighted by Crippen LogP contribution is -2.24. The zero-order valence-electron chi connectivity index (χ0n) is 11.3. The highest BCUT2D eigenvalue weighted by Crippen LogP contribution is 2.41. The van der Waals surface area contributed by atoms with Crippen molar-refractivity contribution >= 4 is 16.0 Å². The first-order valence-corrected chi connectivity index (χ1v) is 7.33. The highest BCUT2D eigenvalue weighted by Gasteiger charge is 2.31. The molecule has 0 fully saturated rings. The van der Waals surface area contributed by atoms with Crippen molar-refractivity contribution in [1.29, 1.82) is 0 Å². The van der Waals surface area contributed by atoms with E-state index in [9.17, 15) is 13.2 Å². The minimum Gasteiger partial charge on any atom is -0.456 e. The molecule has 0 bridgehead atoms. The first-order chi connectivity index (χ1) is 9.09. The normalized spacial score (nSPS) is 14.2. The summed E-state index contributed by atoms with van der Waals surface area (Å²) in [5, 5.41) is 5.08. The minimum absolute atomic E-state index is 0.0331. The van der Waals surface area contributed by atoms with Crippen LogP contribution in [-0.4, -0.2) is 26.8 Å². The van der Waals surface area contributed by atoms with Gasteiger partial charge in [0.25, 0.3) is 0 Å². The summed E-state index contributed by atoms with van der Waals surface area (Å²) in [6.07, 6.45) is 0. The van der Waals surface area contributed by atoms with Crippen LogP contribution in [0.1, 0.15) is 31.1 Å². The van der Waals surface area contributed by atoms with Gasteiger partial charge in [0.15, 0.2) is 11.5 Å². The van der Waals surface area contributed by atoms with E-state index in [1.54, 1.807) is 20.8 Å². The van der Waals surface area contributed by atoms with Gasteiger partial charge in [0.2, 0.25) is 16.8 Å². The summed E-state index contributed by atoms with van der Waals surface area (Å²) in [6, 6.07) is 2.49. The number of rotatable bonds is 2. The maximum Gasteiger partial charge on any atom is 0.342 e. The van der Waals surface area contributed by atoms with Crippen molar-refractivity contribution in [2.75, 3.05) is 6.79 Å². The number of ether oxygens (including phenoxy) is 3. The molecule has 0 aromatic heterocycles. The van der Waals surface area contributed by atoms with E-state index < -0.39 is 21.6 Å². The minimum atomic E-state index is -3.96. The number of esters is 1. The van der Waals surface area contributed by atoms with Gasteiger partial charge in [-0.1, -0.05) is 0 Å². The molecule has 2 N–H and O–H groups in total. The average Bonchev–Trinajstić information content (AvgIpc) is 2.71. The van der Waals surface area contributed by atoms with E-state index in [0.29, 0.717) is 0 Å². The van der Waals surface area contributed by atoms with Crippen molar-refractivity contribution < 1.29 is 27.4 Å². The first kappa shape index (κ1) is 14.6. The molecule has 110 valence electrons. The highest BCUT2D eigenvalue weighted by molar-refractivity contribution is 7.89. The van der Waals surface area contributed by atoms with Gasteiger partial charge in [-0.3, -0.25) is 0 Å². The fourth-order valence-electron chi connectivity index (χ4n) is 1.69. The fraction of sp³-hybridized carbons (Fsp3) is 0.417. The van der Waals surface area contributed by atoms with Crippen LogP contribution in [0, 0.1) is 0 Å². The lowest BCUT2D eigenvalue weighted by atomic mass is 10.1. The van der Waals surface area contributed by atoms with Gasteiger partial charge in [0, 0.05) is 0 Å². The Morgan fingerprint density at radius 3 is 2.40 bits per heavy atom. The van der Waals surface area contributed by atoms with E-state index in [1.165, 1.54) is 12.1 Å². The van der Waals surface area contributed by atoms with E-state index in [4.69, 9.17) is 19.3 Å². The molecule has 0 amide bonds. The maximum atomic E-state index is 12.0. The quantitative estimate of drug-likeness (QED) is 0.818. The molecule has 2 rings (SSSR count). The molecule has 8 heteroatoms. The summed E-state index contributed by atoms with van der Waals surface area (Å²) in [5.74, 6) is -0.651. The number of nitrogens with two attached hydrogens (primary N) is 1. The standard InChI is InChI=1S/C12H15NO6S/c1-12(2,3)19-11(14)7-4-5-8(20(13,15)16)10-9(7)17-6-18-10/h4-5H,6H2,1-3H3,(H2,13,15,16). The van der Waals surface area contributed by atoms with Gasteiger partial charge in [0.1, 0.15) is 16.1 Å². The summed E-state index contributed by atoms with van der Waals surface area (Å²) in [4.78, 5) is 11.8. The molecule has 1 aromatic rings. The number of sulfonamides is 1. The molecule has 0 aliphatic carbocycles. The molecule has 1 aromatic carbocycles. The van der Waals surface area contributed by atoms with Crippen LogP contribution < -0.4 is 14.6 Å². The number of benzene rings is 1. The lowest BCUT2D eigenvalue weighted by molar-refractivity contribution is 0.00661. The predicted octanol–water partition coefficient (Wildman–Crippen LogP) is 1.02. The maximum absolute atomic E-state index is 12.0. The molecule has 0 spiro atoms. The molecule has 0 atom stereocenters. The van der Waals surface area contributed by atoms with Gasteiger partial charge in [-0.2, -0.15) is 0 Å². The number of hydrogen-bond donors (Lipinski definition) is 1. The van der Waals surface area contributed by atoms with Gasteiger partial charge in [0.05, 0.1) is 0 Å². The number of fused-ring (bicyclic) bond motifs is 1. The zero-order valence-corrected chi connectivity index (χ0v) is 12.1. The van der Waals surface area contributed by atoms with E-state index in [0.717, 1.165) is 0 Å². The Balaban J connectivity index is 2.49. The molecule has 20 heavy (non-hydrogen) atoms. The summed E-state index contributed by atoms with van der Waals surface area (Å²) in [6.45, 7) is 4.99. The van der Waals surface area contributed by atoms with Crippen LogP contribution >= 0.6 is 0 Å². The summed E-state index contributed by atoms with van der Waals surface area (Å²) in [7, 11) is -3.96. The summed E-state index contributed by atoms with van der Waals surface area (Å²) in [5.41, 5.74) is -0.581. The van der Waals surface area contributed by atoms with Gasteiger partial charge in [-0.25, -0.2) is 18.4 Å². The van der Waals surface area contributed by atoms with Gasteiger partial charge < -0.3 is 14.2 Å². The molecular formula is C12H15NO6S. The van der Waals surface area contributed by atoms with Crippen molar-refractivity contribution in [2.45, 2.75) is 31.3 Å². The number of carbonyl (C=O) groups excluding carboxylic acids is 1. The third kappa shape index (κ3) is 2.86. The van der Waals surface area contributed by atoms with Crippen molar-refractivity contribution in [3.63, 3.8) is 0 Å². The predicted molar refractivity (Wildman–Crippen MR) is 69.1 cm³/mol. The second-order valence-electron chi connectivity index (χ2n) is 5.22. The van der Waals surface area contributed by atoms with Crippen LogP contribution in [0.25, 0.3) is 0 Å². The topological polar surface area (TPSA) is 105 Å². The largest absolute Gasteiger partial charge is 0.456 e. The second-order valence-corrected chi connectivity index (χ2v) is 6.75. The highest BCUT2D eigenvalue weighted by atomic mass is 32.2. The SMILES string of the molecule is CC(C)(C)OC(=O)c1ccc(S(N)(=O)=O)c2c1OCO2. The van der Waals surface area contributed by atoms with E-state index in [-0.39, 0.29) is 28.8 Å². The molecular weight excluding hydrogens is 286 g/mol. The van der Waals surface area contributed by atoms with E-state index in [1.807, 2.05) is 0 Å². The van der Waals surface area contributed by atoms with E-state index in [2.05, 4.69) is 0 Å². The van der Waals surface area contributed by atoms with Gasteiger partial charge in [-0.15, -0.1) is 0 Å². The Hall–Kier alpha value is -1.80. The van der Waals surface area contributed by atoms with Crippen LogP contribution in [0.3, 0.4) is 0 Å². The summed E-state index contributed by atoms with van der Waals surface area (Å²) < 4.78 is 38.3. The molecule has 1 heterocycles. The van der Waals surface area contributed by atoms with Gasteiger partial charge in [-0.05, 0) is 32.9 Å². The molecule has 1 aliphatic rings. The van der Waals surface area contributed by atoms with Crippen molar-refractivity contribution in [2.24, 2.45) is 5.14 Å². The molecule has 0 radical (unpaired) electrons. The number of primary sulfonamides is 1. The lowest BCUT2D eigenvalue weighted by Gasteiger charge is -2.20. The average molecular weight is 301 g/mol. The zero-order chi connectivity index (χ0) is 15.1. The molecule has 1 aliphatic heterocycles. The monoisotopic (exact) mass is 301 g/mol. The molecule has 7 nitrogen and oxygen atoms in total. The van der Waals surface area contributed by atoms with Crippen molar-refractivity contribution in [1.82, 2.24) is 0 Å². The van der Waals surface area contributed by atoms with Crippen LogP contribution in [0.5, 0.6) is 11.5 Å². The van der Waals surface area contributed by atoms with Crippen LogP contribution in [-0.2, 0) is 14.8 Å². The Bertz CT molecular complexity index is 659. The third-order valence-corrected chi connectivity index (χ3v) is 3.34. The second kappa shape index (κ2) is 4.64. The van der Waals surface area contributed by atoms with Gasteiger partial charge >= 0.3 is 5.97 Å². The number of carbonyl (C=O) groups is 1. The van der Waals surface area contributed by atoms with Crippen molar-refractivity contribution in [3.05, 3.63) is 17.7 Å². The molecule has 0 unspecified atom stereocenters. The van der Waals surface area contributed by atoms with Crippen molar-refractivity contribution in [3.8, 4) is 11.5 Å². The smallest absolute Gasteiger partial charge is 0.342 e. The Kier molecular flexibility index (Phi) is 3.39. The molecule has 0 saturated carbocycles. The summed E-state index contributed by atoms with van der Waals surface area (Å²) >= 11 is 0. The van der Waals surface area contributed by atoms with E-state index >= 15 is 0 Å². The Morgan fingerprint density at radius 2 is 1.85 bits per heavy atom. The van der Waals surface area contributed by atoms with Crippen LogP contribution in [0.2, 0.25) is 0 Å². The first-order valence-electron chi connectivity index (χ1n) is 5.78. The van der Waals surface area contributed by atoms with Crippen LogP contribution in [0.4, 0.5) is 0 Å².